The van der Waals surface area contributed by atoms with Gasteiger partial charge < -0.3 is 4.90 Å². The van der Waals surface area contributed by atoms with Crippen LogP contribution in [0.5, 0.6) is 0 Å². The Bertz CT molecular complexity index is 201. The Morgan fingerprint density at radius 3 is 2.00 bits per heavy atom. The van der Waals surface area contributed by atoms with Crippen LogP contribution in [0.3, 0.4) is 0 Å². The van der Waals surface area contributed by atoms with Crippen molar-refractivity contribution >= 4 is 5.91 Å². The lowest BCUT2D eigenvalue weighted by molar-refractivity contribution is -0.136. The van der Waals surface area contributed by atoms with Crippen molar-refractivity contribution < 1.29 is 4.79 Å². The van der Waals surface area contributed by atoms with Crippen molar-refractivity contribution in [3.63, 3.8) is 0 Å². The minimum Gasteiger partial charge on any atom is -0.342 e. The summed E-state index contributed by atoms with van der Waals surface area (Å²) in [6, 6.07) is 0. The Balaban J connectivity index is 2.44. The first-order chi connectivity index (χ1) is 8.29. The van der Waals surface area contributed by atoms with Crippen LogP contribution in [0.1, 0.15) is 71.6 Å². The van der Waals surface area contributed by atoms with Crippen LogP contribution >= 0.6 is 0 Å². The Morgan fingerprint density at radius 2 is 1.53 bits per heavy atom. The molecule has 0 aliphatic heterocycles. The summed E-state index contributed by atoms with van der Waals surface area (Å²) >= 11 is 0. The van der Waals surface area contributed by atoms with E-state index in [1.54, 1.807) is 0 Å². The van der Waals surface area contributed by atoms with E-state index in [0.29, 0.717) is 11.8 Å². The Morgan fingerprint density at radius 1 is 1.00 bits per heavy atom. The summed E-state index contributed by atoms with van der Waals surface area (Å²) in [6.07, 6.45) is 10.8. The number of amides is 1. The van der Waals surface area contributed by atoms with E-state index in [1.165, 1.54) is 32.1 Å². The summed E-state index contributed by atoms with van der Waals surface area (Å²) in [5.74, 6) is 0.795. The summed E-state index contributed by atoms with van der Waals surface area (Å²) in [5.41, 5.74) is 0. The molecule has 100 valence electrons. The molecule has 1 amide bonds. The molecule has 0 radical (unpaired) electrons. The van der Waals surface area contributed by atoms with E-state index in [-0.39, 0.29) is 0 Å². The highest BCUT2D eigenvalue weighted by molar-refractivity contribution is 5.78. The van der Waals surface area contributed by atoms with Gasteiger partial charge in [-0.1, -0.05) is 46.0 Å². The Labute approximate surface area is 107 Å². The summed E-state index contributed by atoms with van der Waals surface area (Å²) in [7, 11) is 0. The van der Waals surface area contributed by atoms with E-state index in [4.69, 9.17) is 0 Å². The predicted octanol–water partition coefficient (Wildman–Crippen LogP) is 4.00. The van der Waals surface area contributed by atoms with Crippen molar-refractivity contribution in [3.8, 4) is 0 Å². The Hall–Kier alpha value is -0.530. The monoisotopic (exact) mass is 239 g/mol. The number of carbonyl (C=O) groups excluding carboxylic acids is 1. The zero-order valence-electron chi connectivity index (χ0n) is 11.7. The summed E-state index contributed by atoms with van der Waals surface area (Å²) < 4.78 is 0. The van der Waals surface area contributed by atoms with Gasteiger partial charge in [-0.3, -0.25) is 4.79 Å². The standard InChI is InChI=1S/C15H29NO/c1-3-5-12-16(13-6-4-2)15(17)14-10-8-7-9-11-14/h14H,3-13H2,1-2H3. The van der Waals surface area contributed by atoms with Gasteiger partial charge in [0.2, 0.25) is 5.91 Å². The number of hydrogen-bond acceptors (Lipinski definition) is 1. The number of unbranched alkanes of at least 4 members (excludes halogenated alkanes) is 2. The molecule has 0 aromatic rings. The highest BCUT2D eigenvalue weighted by Crippen LogP contribution is 2.25. The minimum absolute atomic E-state index is 0.345. The van der Waals surface area contributed by atoms with Gasteiger partial charge in [-0.25, -0.2) is 0 Å². The molecule has 2 nitrogen and oxygen atoms in total. The topological polar surface area (TPSA) is 20.3 Å². The van der Waals surface area contributed by atoms with E-state index < -0.39 is 0 Å². The van der Waals surface area contributed by atoms with Gasteiger partial charge in [0.15, 0.2) is 0 Å². The molecular formula is C15H29NO. The molecule has 17 heavy (non-hydrogen) atoms. The number of nitrogens with zero attached hydrogens (tertiary/aromatic N) is 1. The fourth-order valence-electron chi connectivity index (χ4n) is 2.64. The van der Waals surface area contributed by atoms with E-state index in [9.17, 15) is 4.79 Å². The molecule has 0 bridgehead atoms. The zero-order chi connectivity index (χ0) is 12.5. The second-order valence-electron chi connectivity index (χ2n) is 5.37. The summed E-state index contributed by atoms with van der Waals surface area (Å²) in [4.78, 5) is 14.6. The fraction of sp³-hybridized carbons (Fsp3) is 0.933. The number of hydrogen-bond donors (Lipinski definition) is 0. The fourth-order valence-corrected chi connectivity index (χ4v) is 2.64. The third kappa shape index (κ3) is 5.10. The first-order valence-corrected chi connectivity index (χ1v) is 7.58. The SMILES string of the molecule is CCCCN(CCCC)C(=O)C1CCCCC1. The lowest BCUT2D eigenvalue weighted by Crippen LogP contribution is -2.38. The lowest BCUT2D eigenvalue weighted by Gasteiger charge is -2.29. The first kappa shape index (κ1) is 14.5. The molecule has 0 aromatic carbocycles. The molecule has 0 aromatic heterocycles. The molecule has 2 heteroatoms. The third-order valence-electron chi connectivity index (χ3n) is 3.83. The quantitative estimate of drug-likeness (QED) is 0.657. The molecule has 0 atom stereocenters. The predicted molar refractivity (Wildman–Crippen MR) is 73.0 cm³/mol. The Kier molecular flexibility index (Phi) is 7.30. The summed E-state index contributed by atoms with van der Waals surface area (Å²) in [5, 5.41) is 0. The van der Waals surface area contributed by atoms with Gasteiger partial charge in [-0.2, -0.15) is 0 Å². The van der Waals surface area contributed by atoms with Crippen molar-refractivity contribution in [2.45, 2.75) is 71.6 Å². The van der Waals surface area contributed by atoms with Gasteiger partial charge in [0.1, 0.15) is 0 Å². The molecule has 1 aliphatic rings. The third-order valence-corrected chi connectivity index (χ3v) is 3.83. The van der Waals surface area contributed by atoms with Crippen molar-refractivity contribution in [3.05, 3.63) is 0 Å². The van der Waals surface area contributed by atoms with Gasteiger partial charge in [0.05, 0.1) is 0 Å². The van der Waals surface area contributed by atoms with E-state index in [1.807, 2.05) is 0 Å². The molecule has 1 rings (SSSR count). The average molecular weight is 239 g/mol. The molecule has 1 aliphatic carbocycles. The van der Waals surface area contributed by atoms with Gasteiger partial charge in [0, 0.05) is 19.0 Å². The second kappa shape index (κ2) is 8.54. The normalized spacial score (nSPS) is 17.1. The van der Waals surface area contributed by atoms with Crippen LogP contribution in [0.25, 0.3) is 0 Å². The van der Waals surface area contributed by atoms with Crippen LogP contribution in [0.2, 0.25) is 0 Å². The van der Waals surface area contributed by atoms with Crippen LogP contribution in [-0.2, 0) is 4.79 Å². The second-order valence-corrected chi connectivity index (χ2v) is 5.37. The van der Waals surface area contributed by atoms with Gasteiger partial charge >= 0.3 is 0 Å². The maximum atomic E-state index is 12.4. The average Bonchev–Trinajstić information content (AvgIpc) is 2.39. The zero-order valence-corrected chi connectivity index (χ0v) is 11.7. The molecule has 0 spiro atoms. The maximum Gasteiger partial charge on any atom is 0.225 e. The smallest absolute Gasteiger partial charge is 0.225 e. The molecule has 0 N–H and O–H groups in total. The van der Waals surface area contributed by atoms with E-state index >= 15 is 0 Å². The van der Waals surface area contributed by atoms with Crippen molar-refractivity contribution in [2.24, 2.45) is 5.92 Å². The van der Waals surface area contributed by atoms with E-state index in [2.05, 4.69) is 18.7 Å². The first-order valence-electron chi connectivity index (χ1n) is 7.58. The summed E-state index contributed by atoms with van der Waals surface area (Å²) in [6.45, 7) is 6.35. The van der Waals surface area contributed by atoms with Crippen LogP contribution in [-0.4, -0.2) is 23.9 Å². The number of carbonyl (C=O) groups is 1. The maximum absolute atomic E-state index is 12.4. The van der Waals surface area contributed by atoms with Crippen LogP contribution in [0, 0.1) is 5.92 Å². The van der Waals surface area contributed by atoms with Crippen LogP contribution < -0.4 is 0 Å². The van der Waals surface area contributed by atoms with Crippen molar-refractivity contribution in [1.29, 1.82) is 0 Å². The van der Waals surface area contributed by atoms with Crippen LogP contribution in [0.15, 0.2) is 0 Å². The molecule has 0 heterocycles. The molecule has 0 saturated heterocycles. The molecule has 1 saturated carbocycles. The van der Waals surface area contributed by atoms with Crippen molar-refractivity contribution in [2.75, 3.05) is 13.1 Å². The minimum atomic E-state index is 0.345. The molecule has 0 unspecified atom stereocenters. The van der Waals surface area contributed by atoms with Gasteiger partial charge in [-0.15, -0.1) is 0 Å². The lowest BCUT2D eigenvalue weighted by atomic mass is 9.88. The molecule has 1 fully saturated rings. The highest BCUT2D eigenvalue weighted by atomic mass is 16.2. The van der Waals surface area contributed by atoms with Crippen molar-refractivity contribution in [1.82, 2.24) is 4.90 Å². The largest absolute Gasteiger partial charge is 0.342 e. The highest BCUT2D eigenvalue weighted by Gasteiger charge is 2.25. The molecular weight excluding hydrogens is 210 g/mol. The van der Waals surface area contributed by atoms with Gasteiger partial charge in [0.25, 0.3) is 0 Å². The van der Waals surface area contributed by atoms with Crippen LogP contribution in [0.4, 0.5) is 0 Å². The van der Waals surface area contributed by atoms with Gasteiger partial charge in [-0.05, 0) is 25.7 Å². The van der Waals surface area contributed by atoms with E-state index in [0.717, 1.165) is 38.8 Å². The number of rotatable bonds is 7.